The first-order valence-electron chi connectivity index (χ1n) is 9.87. The van der Waals surface area contributed by atoms with Crippen molar-refractivity contribution >= 4 is 40.1 Å². The van der Waals surface area contributed by atoms with Gasteiger partial charge in [-0.3, -0.25) is 19.5 Å². The molecule has 4 amide bonds. The van der Waals surface area contributed by atoms with Gasteiger partial charge in [-0.15, -0.1) is 0 Å². The summed E-state index contributed by atoms with van der Waals surface area (Å²) >= 11 is 0. The molecule has 2 heterocycles. The number of nitrogens with zero attached hydrogens (tertiary/aromatic N) is 2. The molecule has 0 saturated carbocycles. The third-order valence-electron chi connectivity index (χ3n) is 5.14. The fraction of sp³-hybridized carbons (Fsp3) is 0.217. The van der Waals surface area contributed by atoms with Crippen molar-refractivity contribution in [3.05, 3.63) is 65.9 Å². The van der Waals surface area contributed by atoms with E-state index in [2.05, 4.69) is 15.6 Å². The molecule has 1 fully saturated rings. The summed E-state index contributed by atoms with van der Waals surface area (Å²) in [6.07, 6.45) is 2.92. The molecule has 152 valence electrons. The maximum Gasteiger partial charge on any atom is 0.319 e. The molecule has 1 aromatic heterocycles. The molecule has 0 bridgehead atoms. The van der Waals surface area contributed by atoms with Gasteiger partial charge in [-0.25, -0.2) is 4.79 Å². The van der Waals surface area contributed by atoms with Crippen LogP contribution in [0.2, 0.25) is 0 Å². The molecule has 1 aliphatic heterocycles. The van der Waals surface area contributed by atoms with Gasteiger partial charge in [-0.2, -0.15) is 0 Å². The number of rotatable bonds is 5. The van der Waals surface area contributed by atoms with Crippen molar-refractivity contribution in [2.45, 2.75) is 26.2 Å². The second-order valence-corrected chi connectivity index (χ2v) is 7.25. The molecule has 30 heavy (non-hydrogen) atoms. The number of carbonyl (C=O) groups excluding carboxylic acids is 3. The van der Waals surface area contributed by atoms with Crippen molar-refractivity contribution < 1.29 is 14.4 Å². The number of imide groups is 1. The van der Waals surface area contributed by atoms with Crippen LogP contribution in [0.25, 0.3) is 10.9 Å². The second-order valence-electron chi connectivity index (χ2n) is 7.25. The smallest absolute Gasteiger partial charge is 0.319 e. The lowest BCUT2D eigenvalue weighted by molar-refractivity contribution is -0.121. The summed E-state index contributed by atoms with van der Waals surface area (Å²) < 4.78 is 0. The molecule has 3 aromatic rings. The molecule has 2 aromatic carbocycles. The summed E-state index contributed by atoms with van der Waals surface area (Å²) in [7, 11) is 0. The van der Waals surface area contributed by atoms with Crippen LogP contribution >= 0.6 is 0 Å². The summed E-state index contributed by atoms with van der Waals surface area (Å²) in [5.74, 6) is -0.381. The van der Waals surface area contributed by atoms with E-state index in [1.165, 1.54) is 4.90 Å². The van der Waals surface area contributed by atoms with E-state index < -0.39 is 0 Å². The summed E-state index contributed by atoms with van der Waals surface area (Å²) in [4.78, 5) is 41.8. The number of hydrogen-bond acceptors (Lipinski definition) is 4. The van der Waals surface area contributed by atoms with E-state index >= 15 is 0 Å². The van der Waals surface area contributed by atoms with Crippen LogP contribution in [-0.2, 0) is 16.0 Å². The van der Waals surface area contributed by atoms with Crippen LogP contribution in [0.1, 0.15) is 24.0 Å². The normalized spacial score (nSPS) is 13.7. The van der Waals surface area contributed by atoms with Gasteiger partial charge < -0.3 is 10.6 Å². The van der Waals surface area contributed by atoms with Crippen molar-refractivity contribution in [2.24, 2.45) is 0 Å². The highest BCUT2D eigenvalue weighted by Gasteiger charge is 2.31. The van der Waals surface area contributed by atoms with Gasteiger partial charge in [-0.05, 0) is 48.7 Å². The molecule has 0 radical (unpaired) electrons. The Bertz CT molecular complexity index is 1120. The van der Waals surface area contributed by atoms with Crippen LogP contribution in [-0.4, -0.2) is 29.4 Å². The fourth-order valence-corrected chi connectivity index (χ4v) is 3.68. The van der Waals surface area contributed by atoms with Crippen molar-refractivity contribution in [3.63, 3.8) is 0 Å². The van der Waals surface area contributed by atoms with Crippen LogP contribution < -0.4 is 15.5 Å². The minimum atomic E-state index is -0.316. The van der Waals surface area contributed by atoms with Crippen molar-refractivity contribution in [3.8, 4) is 0 Å². The zero-order valence-corrected chi connectivity index (χ0v) is 16.6. The Labute approximate surface area is 174 Å². The van der Waals surface area contributed by atoms with E-state index in [1.54, 1.807) is 24.4 Å². The second kappa shape index (κ2) is 8.32. The molecule has 1 aliphatic rings. The highest BCUT2D eigenvalue weighted by Crippen LogP contribution is 2.28. The van der Waals surface area contributed by atoms with E-state index in [0.717, 1.165) is 22.0 Å². The SMILES string of the molecule is Cc1cc(NC(=O)NCCc2cccc3cccnc23)ccc1N1C(=O)CCC1=O. The quantitative estimate of drug-likeness (QED) is 0.639. The molecule has 1 saturated heterocycles. The number of anilines is 2. The van der Waals surface area contributed by atoms with E-state index in [4.69, 9.17) is 0 Å². The van der Waals surface area contributed by atoms with Crippen molar-refractivity contribution in [1.82, 2.24) is 10.3 Å². The monoisotopic (exact) mass is 402 g/mol. The lowest BCUT2D eigenvalue weighted by atomic mass is 10.1. The molecule has 0 atom stereocenters. The van der Waals surface area contributed by atoms with Gasteiger partial charge in [0, 0.05) is 36.7 Å². The molecule has 0 spiro atoms. The average Bonchev–Trinajstić information content (AvgIpc) is 3.06. The molecule has 4 rings (SSSR count). The summed E-state index contributed by atoms with van der Waals surface area (Å²) in [6, 6.07) is 14.7. The number of benzene rings is 2. The number of aromatic nitrogens is 1. The van der Waals surface area contributed by atoms with Gasteiger partial charge in [0.05, 0.1) is 11.2 Å². The third-order valence-corrected chi connectivity index (χ3v) is 5.14. The summed E-state index contributed by atoms with van der Waals surface area (Å²) in [5.41, 5.74) is 3.93. The minimum absolute atomic E-state index is 0.190. The van der Waals surface area contributed by atoms with E-state index in [0.29, 0.717) is 24.3 Å². The number of para-hydroxylation sites is 1. The maximum absolute atomic E-state index is 12.3. The molecule has 2 N–H and O–H groups in total. The Morgan fingerprint density at radius 3 is 2.60 bits per heavy atom. The number of nitrogens with one attached hydrogen (secondary N) is 2. The van der Waals surface area contributed by atoms with Gasteiger partial charge >= 0.3 is 6.03 Å². The predicted molar refractivity (Wildman–Crippen MR) is 115 cm³/mol. The Hall–Kier alpha value is -3.74. The fourth-order valence-electron chi connectivity index (χ4n) is 3.68. The van der Waals surface area contributed by atoms with E-state index in [1.807, 2.05) is 37.3 Å². The summed E-state index contributed by atoms with van der Waals surface area (Å²) in [6.45, 7) is 2.28. The number of urea groups is 1. The van der Waals surface area contributed by atoms with Crippen LogP contribution in [0.5, 0.6) is 0 Å². The molecule has 7 nitrogen and oxygen atoms in total. The van der Waals surface area contributed by atoms with Crippen LogP contribution in [0.3, 0.4) is 0 Å². The zero-order chi connectivity index (χ0) is 21.1. The Balaban J connectivity index is 1.35. The van der Waals surface area contributed by atoms with Crippen molar-refractivity contribution in [1.29, 1.82) is 0 Å². The molecule has 0 aliphatic carbocycles. The van der Waals surface area contributed by atoms with E-state index in [9.17, 15) is 14.4 Å². The Morgan fingerprint density at radius 2 is 1.83 bits per heavy atom. The van der Waals surface area contributed by atoms with Crippen LogP contribution in [0, 0.1) is 6.92 Å². The first-order chi connectivity index (χ1) is 14.5. The Morgan fingerprint density at radius 1 is 1.07 bits per heavy atom. The topological polar surface area (TPSA) is 91.4 Å². The van der Waals surface area contributed by atoms with E-state index in [-0.39, 0.29) is 30.7 Å². The number of fused-ring (bicyclic) bond motifs is 1. The number of carbonyl (C=O) groups is 3. The van der Waals surface area contributed by atoms with Gasteiger partial charge in [0.15, 0.2) is 0 Å². The molecule has 0 unspecified atom stereocenters. The molecular formula is C23H22N4O3. The standard InChI is InChI=1S/C23H22N4O3/c1-15-14-18(7-8-19(15)27-20(28)9-10-21(27)29)26-23(30)25-13-11-17-5-2-4-16-6-3-12-24-22(16)17/h2-8,12,14H,9-11,13H2,1H3,(H2,25,26,30). The minimum Gasteiger partial charge on any atom is -0.338 e. The van der Waals surface area contributed by atoms with Gasteiger partial charge in [0.2, 0.25) is 11.8 Å². The molecular weight excluding hydrogens is 380 g/mol. The van der Waals surface area contributed by atoms with Gasteiger partial charge in [-0.1, -0.05) is 24.3 Å². The van der Waals surface area contributed by atoms with Crippen LogP contribution in [0.4, 0.5) is 16.2 Å². The summed E-state index contributed by atoms with van der Waals surface area (Å²) in [5, 5.41) is 6.72. The lowest BCUT2D eigenvalue weighted by Gasteiger charge is -2.17. The Kier molecular flexibility index (Phi) is 5.43. The van der Waals surface area contributed by atoms with Crippen LogP contribution in [0.15, 0.2) is 54.7 Å². The maximum atomic E-state index is 12.3. The first-order valence-corrected chi connectivity index (χ1v) is 9.87. The number of pyridine rings is 1. The molecule has 7 heteroatoms. The number of hydrogen-bond donors (Lipinski definition) is 2. The lowest BCUT2D eigenvalue weighted by Crippen LogP contribution is -2.31. The third kappa shape index (κ3) is 4.00. The predicted octanol–water partition coefficient (Wildman–Crippen LogP) is 3.56. The zero-order valence-electron chi connectivity index (χ0n) is 16.6. The largest absolute Gasteiger partial charge is 0.338 e. The van der Waals surface area contributed by atoms with Gasteiger partial charge in [0.25, 0.3) is 0 Å². The van der Waals surface area contributed by atoms with Crippen molar-refractivity contribution in [2.75, 3.05) is 16.8 Å². The van der Waals surface area contributed by atoms with Gasteiger partial charge in [0.1, 0.15) is 0 Å². The first kappa shape index (κ1) is 19.6. The highest BCUT2D eigenvalue weighted by molar-refractivity contribution is 6.20. The average molecular weight is 402 g/mol. The highest BCUT2D eigenvalue weighted by atomic mass is 16.2. The number of amides is 4. The number of aryl methyl sites for hydroxylation is 1.